The van der Waals surface area contributed by atoms with E-state index < -0.39 is 22.8 Å². The molecule has 0 aliphatic carbocycles. The maximum Gasteiger partial charge on any atom is 0.345 e. The first kappa shape index (κ1) is 9.72. The number of aromatic hydroxyl groups is 1. The number of aromatic nitrogens is 1. The lowest BCUT2D eigenvalue weighted by molar-refractivity contribution is 0.0691. The highest BCUT2D eigenvalue weighted by Gasteiger charge is 2.20. The summed E-state index contributed by atoms with van der Waals surface area (Å²) in [5.74, 6) is -1.87. The standard InChI is InChI=1S/C9H7NO4S/c1-10-5-3-15-2-4(5)7(11)6(8(10)12)9(13)14/h2-3,11H,1H3,(H,13,14). The van der Waals surface area contributed by atoms with Gasteiger partial charge in [-0.2, -0.15) is 0 Å². The average molecular weight is 225 g/mol. The molecule has 2 aromatic rings. The van der Waals surface area contributed by atoms with Gasteiger partial charge in [0.1, 0.15) is 5.75 Å². The van der Waals surface area contributed by atoms with E-state index in [4.69, 9.17) is 5.11 Å². The largest absolute Gasteiger partial charge is 0.506 e. The van der Waals surface area contributed by atoms with Gasteiger partial charge in [0.15, 0.2) is 5.56 Å². The predicted molar refractivity (Wildman–Crippen MR) is 55.7 cm³/mol. The first-order chi connectivity index (χ1) is 7.04. The van der Waals surface area contributed by atoms with Crippen molar-refractivity contribution in [2.24, 2.45) is 7.05 Å². The van der Waals surface area contributed by atoms with Crippen LogP contribution in [0.15, 0.2) is 15.6 Å². The summed E-state index contributed by atoms with van der Waals surface area (Å²) in [7, 11) is 1.48. The summed E-state index contributed by atoms with van der Waals surface area (Å²) in [4.78, 5) is 22.4. The van der Waals surface area contributed by atoms with Crippen molar-refractivity contribution < 1.29 is 15.0 Å². The summed E-state index contributed by atoms with van der Waals surface area (Å²) in [6.45, 7) is 0. The van der Waals surface area contributed by atoms with Gasteiger partial charge in [-0.3, -0.25) is 4.79 Å². The fourth-order valence-corrected chi connectivity index (χ4v) is 2.28. The average Bonchev–Trinajstić information content (AvgIpc) is 2.62. The van der Waals surface area contributed by atoms with E-state index in [1.54, 1.807) is 10.8 Å². The van der Waals surface area contributed by atoms with Gasteiger partial charge in [0, 0.05) is 17.8 Å². The summed E-state index contributed by atoms with van der Waals surface area (Å²) in [6, 6.07) is 0. The number of carboxylic acids is 1. The number of thiophene rings is 1. The predicted octanol–water partition coefficient (Wildman–Crippen LogP) is 1.00. The molecule has 2 aromatic heterocycles. The van der Waals surface area contributed by atoms with Crippen molar-refractivity contribution in [3.8, 4) is 5.75 Å². The van der Waals surface area contributed by atoms with Gasteiger partial charge in [0.2, 0.25) is 0 Å². The van der Waals surface area contributed by atoms with Crippen molar-refractivity contribution >= 4 is 28.2 Å². The van der Waals surface area contributed by atoms with Crippen LogP contribution < -0.4 is 5.56 Å². The molecule has 0 fully saturated rings. The van der Waals surface area contributed by atoms with Gasteiger partial charge >= 0.3 is 5.97 Å². The first-order valence-electron chi connectivity index (χ1n) is 4.05. The molecule has 0 aromatic carbocycles. The summed E-state index contributed by atoms with van der Waals surface area (Å²) in [6.07, 6.45) is 0. The number of hydrogen-bond acceptors (Lipinski definition) is 4. The van der Waals surface area contributed by atoms with Crippen molar-refractivity contribution in [2.45, 2.75) is 0 Å². The smallest absolute Gasteiger partial charge is 0.345 e. The summed E-state index contributed by atoms with van der Waals surface area (Å²) >= 11 is 1.30. The molecule has 2 rings (SSSR count). The number of fused-ring (bicyclic) bond motifs is 1. The van der Waals surface area contributed by atoms with Crippen LogP contribution in [0.2, 0.25) is 0 Å². The van der Waals surface area contributed by atoms with Crippen molar-refractivity contribution in [1.82, 2.24) is 4.57 Å². The van der Waals surface area contributed by atoms with Crippen LogP contribution in [0.4, 0.5) is 0 Å². The molecular formula is C9H7NO4S. The SMILES string of the molecule is Cn1c(=O)c(C(=O)O)c(O)c2cscc21. The van der Waals surface area contributed by atoms with E-state index in [1.807, 2.05) is 0 Å². The van der Waals surface area contributed by atoms with Gasteiger partial charge in [0.25, 0.3) is 5.56 Å². The molecule has 6 heteroatoms. The van der Waals surface area contributed by atoms with Crippen LogP contribution in [0.5, 0.6) is 5.75 Å². The second kappa shape index (κ2) is 3.09. The Balaban J connectivity index is 3.05. The molecule has 0 aliphatic heterocycles. The molecule has 2 N–H and O–H groups in total. The molecular weight excluding hydrogens is 218 g/mol. The van der Waals surface area contributed by atoms with E-state index >= 15 is 0 Å². The third-order valence-corrected chi connectivity index (χ3v) is 2.96. The van der Waals surface area contributed by atoms with E-state index in [1.165, 1.54) is 23.0 Å². The molecule has 0 bridgehead atoms. The van der Waals surface area contributed by atoms with E-state index in [2.05, 4.69) is 0 Å². The van der Waals surface area contributed by atoms with E-state index in [-0.39, 0.29) is 0 Å². The Hall–Kier alpha value is -1.82. The van der Waals surface area contributed by atoms with E-state index in [0.717, 1.165) is 0 Å². The number of aromatic carboxylic acids is 1. The number of carbonyl (C=O) groups is 1. The highest BCUT2D eigenvalue weighted by molar-refractivity contribution is 7.09. The van der Waals surface area contributed by atoms with Crippen LogP contribution in [0.1, 0.15) is 10.4 Å². The molecule has 0 radical (unpaired) electrons. The quantitative estimate of drug-likeness (QED) is 0.758. The highest BCUT2D eigenvalue weighted by atomic mass is 32.1. The third kappa shape index (κ3) is 1.22. The third-order valence-electron chi connectivity index (χ3n) is 2.23. The van der Waals surface area contributed by atoms with Crippen LogP contribution in [0.25, 0.3) is 10.9 Å². The maximum absolute atomic E-state index is 11.6. The molecule has 5 nitrogen and oxygen atoms in total. The minimum Gasteiger partial charge on any atom is -0.506 e. The van der Waals surface area contributed by atoms with Gasteiger partial charge in [-0.05, 0) is 0 Å². The van der Waals surface area contributed by atoms with Gasteiger partial charge in [-0.25, -0.2) is 4.79 Å². The normalized spacial score (nSPS) is 10.7. The molecule has 0 saturated carbocycles. The highest BCUT2D eigenvalue weighted by Crippen LogP contribution is 2.28. The monoisotopic (exact) mass is 225 g/mol. The zero-order valence-electron chi connectivity index (χ0n) is 7.72. The summed E-state index contributed by atoms with van der Waals surface area (Å²) in [5.41, 5.74) is -0.748. The number of carboxylic acid groups (broad SMARTS) is 1. The Bertz CT molecular complexity index is 610. The van der Waals surface area contributed by atoms with Crippen LogP contribution in [-0.2, 0) is 7.05 Å². The van der Waals surface area contributed by atoms with Crippen LogP contribution in [0, 0.1) is 0 Å². The number of hydrogen-bond donors (Lipinski definition) is 2. The lowest BCUT2D eigenvalue weighted by Gasteiger charge is -2.05. The van der Waals surface area contributed by atoms with Crippen molar-refractivity contribution in [3.05, 3.63) is 26.7 Å². The second-order valence-electron chi connectivity index (χ2n) is 3.06. The summed E-state index contributed by atoms with van der Waals surface area (Å²) in [5, 5.41) is 22.1. The second-order valence-corrected chi connectivity index (χ2v) is 3.81. The molecule has 0 atom stereocenters. The van der Waals surface area contributed by atoms with Crippen LogP contribution in [0.3, 0.4) is 0 Å². The maximum atomic E-state index is 11.6. The molecule has 0 saturated heterocycles. The zero-order chi connectivity index (χ0) is 11.2. The van der Waals surface area contributed by atoms with Crippen LogP contribution in [-0.4, -0.2) is 20.7 Å². The molecule has 15 heavy (non-hydrogen) atoms. The number of aryl methyl sites for hydroxylation is 1. The molecule has 0 amide bonds. The molecule has 0 aliphatic rings. The molecule has 0 unspecified atom stereocenters. The van der Waals surface area contributed by atoms with Gasteiger partial charge < -0.3 is 14.8 Å². The molecule has 0 spiro atoms. The fraction of sp³-hybridized carbons (Fsp3) is 0.111. The number of pyridine rings is 1. The minimum atomic E-state index is -1.42. The fourth-order valence-electron chi connectivity index (χ4n) is 1.43. The van der Waals surface area contributed by atoms with E-state index in [9.17, 15) is 14.7 Å². The Morgan fingerprint density at radius 2 is 2.13 bits per heavy atom. The molecule has 2 heterocycles. The van der Waals surface area contributed by atoms with Crippen molar-refractivity contribution in [3.63, 3.8) is 0 Å². The Morgan fingerprint density at radius 1 is 1.47 bits per heavy atom. The Labute approximate surface area is 87.8 Å². The zero-order valence-corrected chi connectivity index (χ0v) is 8.54. The van der Waals surface area contributed by atoms with Gasteiger partial charge in [0.05, 0.1) is 10.9 Å². The minimum absolute atomic E-state index is 0.388. The lowest BCUT2D eigenvalue weighted by atomic mass is 10.2. The Morgan fingerprint density at radius 3 is 2.73 bits per heavy atom. The molecule has 78 valence electrons. The van der Waals surface area contributed by atoms with E-state index in [0.29, 0.717) is 10.9 Å². The summed E-state index contributed by atoms with van der Waals surface area (Å²) < 4.78 is 1.22. The van der Waals surface area contributed by atoms with Gasteiger partial charge in [-0.15, -0.1) is 11.3 Å². The number of nitrogens with zero attached hydrogens (tertiary/aromatic N) is 1. The van der Waals surface area contributed by atoms with Crippen molar-refractivity contribution in [2.75, 3.05) is 0 Å². The van der Waals surface area contributed by atoms with Crippen molar-refractivity contribution in [1.29, 1.82) is 0 Å². The topological polar surface area (TPSA) is 79.5 Å². The number of rotatable bonds is 1. The Kier molecular flexibility index (Phi) is 2.01. The van der Waals surface area contributed by atoms with Crippen LogP contribution >= 0.6 is 11.3 Å². The first-order valence-corrected chi connectivity index (χ1v) is 4.99. The lowest BCUT2D eigenvalue weighted by Crippen LogP contribution is -2.24. The van der Waals surface area contributed by atoms with Gasteiger partial charge in [-0.1, -0.05) is 0 Å².